The Kier molecular flexibility index (Phi) is 5.40. The van der Waals surface area contributed by atoms with E-state index in [9.17, 15) is 0 Å². The van der Waals surface area contributed by atoms with Gasteiger partial charge in [-0.05, 0) is 40.5 Å². The van der Waals surface area contributed by atoms with Crippen molar-refractivity contribution in [1.29, 1.82) is 0 Å². The highest BCUT2D eigenvalue weighted by Crippen LogP contribution is 2.33. The summed E-state index contributed by atoms with van der Waals surface area (Å²) in [7, 11) is 0. The minimum absolute atomic E-state index is 0.732. The van der Waals surface area contributed by atoms with Gasteiger partial charge < -0.3 is 0 Å². The molecule has 35 heavy (non-hydrogen) atoms. The molecule has 6 aromatic rings. The maximum absolute atomic E-state index is 4.95. The van der Waals surface area contributed by atoms with Gasteiger partial charge >= 0.3 is 0 Å². The lowest BCUT2D eigenvalue weighted by molar-refractivity contribution is 1.18. The Labute approximate surface area is 205 Å². The Morgan fingerprint density at radius 2 is 1.00 bits per heavy atom. The number of benzene rings is 5. The third-order valence-corrected chi connectivity index (χ3v) is 6.43. The van der Waals surface area contributed by atoms with E-state index < -0.39 is 0 Å². The first kappa shape index (κ1) is 21.0. The second kappa shape index (κ2) is 9.00. The van der Waals surface area contributed by atoms with E-state index in [2.05, 4.69) is 97.9 Å². The number of hydrogen-bond donors (Lipinski definition) is 0. The number of fused-ring (bicyclic) bond motifs is 1. The smallest absolute Gasteiger partial charge is 0.160 e. The van der Waals surface area contributed by atoms with Gasteiger partial charge in [0.2, 0.25) is 0 Å². The lowest BCUT2D eigenvalue weighted by Gasteiger charge is -2.12. The molecule has 0 aliphatic carbocycles. The molecule has 0 saturated carbocycles. The molecular formula is C33H24N2. The van der Waals surface area contributed by atoms with Crippen LogP contribution in [0.25, 0.3) is 55.8 Å². The lowest BCUT2D eigenvalue weighted by Crippen LogP contribution is -1.95. The SMILES string of the molecule is Cc1cccc2cccc(-c3ccc(-c4cc(-c5ccccc5)nc(-c5ccccc5)n4)cc3)c12. The molecule has 6 rings (SSSR count). The topological polar surface area (TPSA) is 25.8 Å². The third-order valence-electron chi connectivity index (χ3n) is 6.43. The summed E-state index contributed by atoms with van der Waals surface area (Å²) in [5.41, 5.74) is 8.74. The standard InChI is InChI=1S/C33H24N2/c1-23-10-8-15-27-16-9-17-29(32(23)27)24-18-20-26(21-19-24)31-22-30(25-11-4-2-5-12-25)34-33(35-31)28-13-6-3-7-14-28/h2-22H,1H3. The number of rotatable bonds is 4. The predicted molar refractivity (Wildman–Crippen MR) is 146 cm³/mol. The summed E-state index contributed by atoms with van der Waals surface area (Å²) < 4.78 is 0. The zero-order valence-corrected chi connectivity index (χ0v) is 19.5. The number of nitrogens with zero attached hydrogens (tertiary/aromatic N) is 2. The molecule has 1 aromatic heterocycles. The summed E-state index contributed by atoms with van der Waals surface area (Å²) in [5, 5.41) is 2.57. The van der Waals surface area contributed by atoms with Gasteiger partial charge in [0, 0.05) is 16.7 Å². The average molecular weight is 449 g/mol. The Hall–Kier alpha value is -4.56. The third kappa shape index (κ3) is 4.11. The monoisotopic (exact) mass is 448 g/mol. The molecule has 5 aromatic carbocycles. The molecule has 0 aliphatic heterocycles. The van der Waals surface area contributed by atoms with Crippen LogP contribution < -0.4 is 0 Å². The fourth-order valence-corrected chi connectivity index (χ4v) is 4.66. The highest BCUT2D eigenvalue weighted by Gasteiger charge is 2.11. The van der Waals surface area contributed by atoms with E-state index >= 15 is 0 Å². The molecule has 0 saturated heterocycles. The minimum atomic E-state index is 0.732. The predicted octanol–water partition coefficient (Wildman–Crippen LogP) is 8.61. The van der Waals surface area contributed by atoms with Crippen molar-refractivity contribution in [1.82, 2.24) is 9.97 Å². The van der Waals surface area contributed by atoms with Crippen molar-refractivity contribution in [3.8, 4) is 45.0 Å². The van der Waals surface area contributed by atoms with Crippen molar-refractivity contribution in [2.24, 2.45) is 0 Å². The summed E-state index contributed by atoms with van der Waals surface area (Å²) in [5.74, 6) is 0.732. The maximum atomic E-state index is 4.95. The van der Waals surface area contributed by atoms with Gasteiger partial charge in [0.05, 0.1) is 11.4 Å². The number of hydrogen-bond acceptors (Lipinski definition) is 2. The second-order valence-corrected chi connectivity index (χ2v) is 8.75. The zero-order valence-electron chi connectivity index (χ0n) is 19.5. The molecule has 0 amide bonds. The van der Waals surface area contributed by atoms with Gasteiger partial charge in [-0.1, -0.05) is 121 Å². The Bertz CT molecular complexity index is 1560. The molecule has 2 nitrogen and oxygen atoms in total. The molecule has 0 radical (unpaired) electrons. The second-order valence-electron chi connectivity index (χ2n) is 8.75. The summed E-state index contributed by atoms with van der Waals surface area (Å²) in [6.07, 6.45) is 0. The molecule has 0 atom stereocenters. The van der Waals surface area contributed by atoms with Crippen molar-refractivity contribution in [2.75, 3.05) is 0 Å². The normalized spacial score (nSPS) is 11.0. The fraction of sp³-hybridized carbons (Fsp3) is 0.0303. The first-order valence-corrected chi connectivity index (χ1v) is 11.9. The highest BCUT2D eigenvalue weighted by molar-refractivity contribution is 5.99. The Balaban J connectivity index is 1.46. The van der Waals surface area contributed by atoms with E-state index in [0.29, 0.717) is 0 Å². The zero-order chi connectivity index (χ0) is 23.6. The van der Waals surface area contributed by atoms with Gasteiger partial charge in [-0.2, -0.15) is 0 Å². The van der Waals surface area contributed by atoms with Gasteiger partial charge in [-0.15, -0.1) is 0 Å². The average Bonchev–Trinajstić information content (AvgIpc) is 2.94. The van der Waals surface area contributed by atoms with Crippen molar-refractivity contribution in [2.45, 2.75) is 6.92 Å². The highest BCUT2D eigenvalue weighted by atomic mass is 14.9. The number of aromatic nitrogens is 2. The molecule has 166 valence electrons. The van der Waals surface area contributed by atoms with Crippen LogP contribution in [0.1, 0.15) is 5.56 Å². The fourth-order valence-electron chi connectivity index (χ4n) is 4.66. The molecular weight excluding hydrogens is 424 g/mol. The van der Waals surface area contributed by atoms with Crippen LogP contribution in [-0.4, -0.2) is 9.97 Å². The van der Waals surface area contributed by atoms with E-state index in [0.717, 1.165) is 33.9 Å². The van der Waals surface area contributed by atoms with Crippen LogP contribution in [-0.2, 0) is 0 Å². The maximum Gasteiger partial charge on any atom is 0.160 e. The van der Waals surface area contributed by atoms with Crippen LogP contribution >= 0.6 is 0 Å². The molecule has 0 bridgehead atoms. The molecule has 2 heteroatoms. The quantitative estimate of drug-likeness (QED) is 0.270. The first-order valence-electron chi connectivity index (χ1n) is 11.9. The Morgan fingerprint density at radius 3 is 1.66 bits per heavy atom. The van der Waals surface area contributed by atoms with Crippen LogP contribution in [0, 0.1) is 6.92 Å². The summed E-state index contributed by atoms with van der Waals surface area (Å²) >= 11 is 0. The molecule has 0 N–H and O–H groups in total. The van der Waals surface area contributed by atoms with Crippen LogP contribution in [0.2, 0.25) is 0 Å². The van der Waals surface area contributed by atoms with Crippen LogP contribution in [0.3, 0.4) is 0 Å². The Morgan fingerprint density at radius 1 is 0.457 bits per heavy atom. The van der Waals surface area contributed by atoms with E-state index in [1.165, 1.54) is 27.5 Å². The van der Waals surface area contributed by atoms with Crippen molar-refractivity contribution >= 4 is 10.8 Å². The minimum Gasteiger partial charge on any atom is -0.228 e. The molecule has 0 fully saturated rings. The van der Waals surface area contributed by atoms with E-state index in [1.807, 2.05) is 36.4 Å². The summed E-state index contributed by atoms with van der Waals surface area (Å²) in [6, 6.07) is 44.3. The van der Waals surface area contributed by atoms with Gasteiger partial charge in [-0.25, -0.2) is 9.97 Å². The first-order chi connectivity index (χ1) is 17.3. The van der Waals surface area contributed by atoms with Crippen molar-refractivity contribution in [3.05, 3.63) is 133 Å². The lowest BCUT2D eigenvalue weighted by atomic mass is 9.94. The van der Waals surface area contributed by atoms with Crippen LogP contribution in [0.4, 0.5) is 0 Å². The van der Waals surface area contributed by atoms with Crippen molar-refractivity contribution < 1.29 is 0 Å². The van der Waals surface area contributed by atoms with E-state index in [4.69, 9.17) is 9.97 Å². The summed E-state index contributed by atoms with van der Waals surface area (Å²) in [6.45, 7) is 2.18. The molecule has 0 aliphatic rings. The van der Waals surface area contributed by atoms with E-state index in [-0.39, 0.29) is 0 Å². The van der Waals surface area contributed by atoms with Crippen LogP contribution in [0.5, 0.6) is 0 Å². The molecule has 0 spiro atoms. The van der Waals surface area contributed by atoms with E-state index in [1.54, 1.807) is 0 Å². The van der Waals surface area contributed by atoms with Gasteiger partial charge in [-0.3, -0.25) is 0 Å². The van der Waals surface area contributed by atoms with Gasteiger partial charge in [0.25, 0.3) is 0 Å². The molecule has 1 heterocycles. The molecule has 0 unspecified atom stereocenters. The van der Waals surface area contributed by atoms with Crippen LogP contribution in [0.15, 0.2) is 127 Å². The van der Waals surface area contributed by atoms with Crippen molar-refractivity contribution in [3.63, 3.8) is 0 Å². The largest absolute Gasteiger partial charge is 0.228 e. The number of aryl methyl sites for hydroxylation is 1. The summed E-state index contributed by atoms with van der Waals surface area (Å²) in [4.78, 5) is 9.85. The van der Waals surface area contributed by atoms with Gasteiger partial charge in [0.15, 0.2) is 5.82 Å². The van der Waals surface area contributed by atoms with Gasteiger partial charge in [0.1, 0.15) is 0 Å².